The fourth-order valence-electron chi connectivity index (χ4n) is 2.22. The summed E-state index contributed by atoms with van der Waals surface area (Å²) in [6.07, 6.45) is 1.79. The first-order chi connectivity index (χ1) is 7.70. The molecule has 1 fully saturated rings. The van der Waals surface area contributed by atoms with Crippen molar-refractivity contribution in [3.05, 3.63) is 20.8 Å². The zero-order chi connectivity index (χ0) is 11.5. The van der Waals surface area contributed by atoms with Crippen LogP contribution in [0.2, 0.25) is 0 Å². The van der Waals surface area contributed by atoms with E-state index >= 15 is 0 Å². The van der Waals surface area contributed by atoms with Gasteiger partial charge in [0.2, 0.25) is 0 Å². The van der Waals surface area contributed by atoms with Crippen LogP contribution in [0.1, 0.15) is 23.8 Å². The smallest absolute Gasteiger partial charge is 0.0702 e. The third-order valence-electron chi connectivity index (χ3n) is 3.01. The minimum absolute atomic E-state index is 0.189. The van der Waals surface area contributed by atoms with Crippen LogP contribution in [0.15, 0.2) is 15.9 Å². The summed E-state index contributed by atoms with van der Waals surface area (Å²) in [6, 6.07) is 4.43. The summed E-state index contributed by atoms with van der Waals surface area (Å²) in [5.41, 5.74) is 5.86. The summed E-state index contributed by atoms with van der Waals surface area (Å²) in [4.78, 5) is 3.58. The number of thiophene rings is 1. The molecule has 5 heteroatoms. The fraction of sp³-hybridized carbons (Fsp3) is 0.636. The van der Waals surface area contributed by atoms with E-state index in [1.54, 1.807) is 11.3 Å². The van der Waals surface area contributed by atoms with Gasteiger partial charge in [0.25, 0.3) is 0 Å². The number of halogens is 1. The second-order valence-electron chi connectivity index (χ2n) is 4.18. The second-order valence-corrected chi connectivity index (χ2v) is 6.68. The van der Waals surface area contributed by atoms with E-state index in [2.05, 4.69) is 33.0 Å². The fourth-order valence-corrected chi connectivity index (χ4v) is 3.79. The minimum atomic E-state index is -0.189. The van der Waals surface area contributed by atoms with Gasteiger partial charge in [0.15, 0.2) is 0 Å². The Morgan fingerprint density at radius 3 is 3.00 bits per heavy atom. The topological polar surface area (TPSA) is 49.5 Å². The summed E-state index contributed by atoms with van der Waals surface area (Å²) < 4.78 is 1.14. The summed E-state index contributed by atoms with van der Waals surface area (Å²) in [7, 11) is 0. The first-order valence-electron chi connectivity index (χ1n) is 5.58. The lowest BCUT2D eigenvalue weighted by Crippen LogP contribution is -2.42. The highest BCUT2D eigenvalue weighted by atomic mass is 79.9. The van der Waals surface area contributed by atoms with Gasteiger partial charge < -0.3 is 10.8 Å². The van der Waals surface area contributed by atoms with Gasteiger partial charge in [-0.1, -0.05) is 0 Å². The third-order valence-corrected chi connectivity index (χ3v) is 4.74. The van der Waals surface area contributed by atoms with E-state index in [-0.39, 0.29) is 12.1 Å². The lowest BCUT2D eigenvalue weighted by Gasteiger charge is -2.35. The molecular formula is C11H17BrN2OS. The monoisotopic (exact) mass is 304 g/mol. The van der Waals surface area contributed by atoms with Gasteiger partial charge in [-0.3, -0.25) is 4.90 Å². The average Bonchev–Trinajstić information content (AvgIpc) is 2.66. The van der Waals surface area contributed by atoms with E-state index in [9.17, 15) is 5.11 Å². The van der Waals surface area contributed by atoms with E-state index < -0.39 is 0 Å². The number of likely N-dealkylation sites (tertiary alicyclic amines) is 1. The van der Waals surface area contributed by atoms with E-state index in [0.717, 1.165) is 29.7 Å². The van der Waals surface area contributed by atoms with Gasteiger partial charge in [0, 0.05) is 18.0 Å². The van der Waals surface area contributed by atoms with Crippen molar-refractivity contribution in [3.63, 3.8) is 0 Å². The number of nitrogens with zero attached hydrogens (tertiary/aromatic N) is 1. The van der Waals surface area contributed by atoms with E-state index in [0.29, 0.717) is 6.54 Å². The van der Waals surface area contributed by atoms with Gasteiger partial charge in [0.1, 0.15) is 0 Å². The molecule has 2 rings (SSSR count). The Bertz CT molecular complexity index is 344. The van der Waals surface area contributed by atoms with Crippen LogP contribution in [0.5, 0.6) is 0 Å². The lowest BCUT2D eigenvalue weighted by atomic mass is 10.1. The van der Waals surface area contributed by atoms with E-state index in [1.807, 2.05) is 0 Å². The molecular weight excluding hydrogens is 288 g/mol. The lowest BCUT2D eigenvalue weighted by molar-refractivity contribution is 0.0488. The highest BCUT2D eigenvalue weighted by molar-refractivity contribution is 9.11. The molecule has 3 N–H and O–H groups in total. The minimum Gasteiger partial charge on any atom is -0.392 e. The van der Waals surface area contributed by atoms with Crippen LogP contribution < -0.4 is 5.73 Å². The first kappa shape index (κ1) is 12.5. The predicted molar refractivity (Wildman–Crippen MR) is 70.6 cm³/mol. The molecule has 1 aromatic rings. The van der Waals surface area contributed by atoms with Crippen molar-refractivity contribution in [3.8, 4) is 0 Å². The molecule has 2 heterocycles. The molecule has 16 heavy (non-hydrogen) atoms. The van der Waals surface area contributed by atoms with Gasteiger partial charge >= 0.3 is 0 Å². The van der Waals surface area contributed by atoms with Crippen molar-refractivity contribution in [2.24, 2.45) is 5.73 Å². The van der Waals surface area contributed by atoms with Crippen molar-refractivity contribution in [1.82, 2.24) is 4.90 Å². The summed E-state index contributed by atoms with van der Waals surface area (Å²) in [6.45, 7) is 2.39. The number of aliphatic hydroxyl groups is 1. The number of piperidine rings is 1. The van der Waals surface area contributed by atoms with E-state index in [1.165, 1.54) is 4.88 Å². The highest BCUT2D eigenvalue weighted by Gasteiger charge is 2.25. The van der Waals surface area contributed by atoms with Crippen molar-refractivity contribution in [2.75, 3.05) is 19.6 Å². The van der Waals surface area contributed by atoms with Crippen molar-refractivity contribution < 1.29 is 5.11 Å². The Morgan fingerprint density at radius 2 is 2.44 bits per heavy atom. The van der Waals surface area contributed by atoms with Gasteiger partial charge in [-0.25, -0.2) is 0 Å². The first-order valence-corrected chi connectivity index (χ1v) is 7.19. The highest BCUT2D eigenvalue weighted by Crippen LogP contribution is 2.31. The molecule has 0 aromatic carbocycles. The van der Waals surface area contributed by atoms with Gasteiger partial charge in [-0.15, -0.1) is 11.3 Å². The van der Waals surface area contributed by atoms with Gasteiger partial charge in [0.05, 0.1) is 15.9 Å². The van der Waals surface area contributed by atoms with Crippen molar-refractivity contribution in [1.29, 1.82) is 0 Å². The standard InChI is InChI=1S/C11H17BrN2OS/c12-11-4-3-10(16-11)9(6-13)14-5-1-2-8(15)7-14/h3-4,8-9,15H,1-2,5-7,13H2. The normalized spacial score (nSPS) is 24.6. The molecule has 0 bridgehead atoms. The Morgan fingerprint density at radius 1 is 1.62 bits per heavy atom. The van der Waals surface area contributed by atoms with Gasteiger partial charge in [-0.2, -0.15) is 0 Å². The Balaban J connectivity index is 2.09. The quantitative estimate of drug-likeness (QED) is 0.897. The molecule has 0 radical (unpaired) electrons. The molecule has 1 saturated heterocycles. The summed E-state index contributed by atoms with van der Waals surface area (Å²) >= 11 is 5.20. The van der Waals surface area contributed by atoms with Crippen LogP contribution in [0.25, 0.3) is 0 Å². The molecule has 3 nitrogen and oxygen atoms in total. The molecule has 90 valence electrons. The number of β-amino-alcohol motifs (C(OH)–C–C–N with tert-alkyl or cyclic N) is 1. The summed E-state index contributed by atoms with van der Waals surface area (Å²) in [5.74, 6) is 0. The van der Waals surface area contributed by atoms with E-state index in [4.69, 9.17) is 5.73 Å². The van der Waals surface area contributed by atoms with Crippen LogP contribution >= 0.6 is 27.3 Å². The van der Waals surface area contributed by atoms with Crippen LogP contribution in [0.4, 0.5) is 0 Å². The molecule has 1 aromatic heterocycles. The predicted octanol–water partition coefficient (Wildman–Crippen LogP) is 1.97. The Labute approximate surface area is 108 Å². The molecule has 0 spiro atoms. The zero-order valence-corrected chi connectivity index (χ0v) is 11.5. The Hall–Kier alpha value is 0.0600. The maximum Gasteiger partial charge on any atom is 0.0702 e. The summed E-state index contributed by atoms with van der Waals surface area (Å²) in [5, 5.41) is 9.69. The van der Waals surface area contributed by atoms with Crippen molar-refractivity contribution in [2.45, 2.75) is 25.0 Å². The number of hydrogen-bond donors (Lipinski definition) is 2. The van der Waals surface area contributed by atoms with Gasteiger partial charge in [-0.05, 0) is 47.4 Å². The molecule has 0 saturated carbocycles. The largest absolute Gasteiger partial charge is 0.392 e. The molecule has 0 aliphatic carbocycles. The second kappa shape index (κ2) is 5.60. The zero-order valence-electron chi connectivity index (χ0n) is 9.10. The molecule has 0 amide bonds. The molecule has 1 aliphatic heterocycles. The van der Waals surface area contributed by atoms with Crippen molar-refractivity contribution >= 4 is 27.3 Å². The van der Waals surface area contributed by atoms with Crippen LogP contribution in [0.3, 0.4) is 0 Å². The van der Waals surface area contributed by atoms with Crippen LogP contribution in [0, 0.1) is 0 Å². The molecule has 2 atom stereocenters. The van der Waals surface area contributed by atoms with Crippen LogP contribution in [-0.2, 0) is 0 Å². The number of rotatable bonds is 3. The Kier molecular flexibility index (Phi) is 4.38. The molecule has 2 unspecified atom stereocenters. The number of nitrogens with two attached hydrogens (primary N) is 1. The maximum absolute atomic E-state index is 9.69. The number of hydrogen-bond acceptors (Lipinski definition) is 4. The molecule has 1 aliphatic rings. The maximum atomic E-state index is 9.69. The third kappa shape index (κ3) is 2.84. The SMILES string of the molecule is NCC(c1ccc(Br)s1)N1CCCC(O)C1. The average molecular weight is 305 g/mol. The van der Waals surface area contributed by atoms with Crippen LogP contribution in [-0.4, -0.2) is 35.7 Å². The number of aliphatic hydroxyl groups excluding tert-OH is 1.